The minimum atomic E-state index is -0.106. The molecule has 1 fully saturated rings. The van der Waals surface area contributed by atoms with Gasteiger partial charge in [-0.3, -0.25) is 14.3 Å². The Hall–Kier alpha value is -2.83. The Morgan fingerprint density at radius 2 is 2.00 bits per heavy atom. The van der Waals surface area contributed by atoms with Crippen molar-refractivity contribution in [1.29, 1.82) is 0 Å². The van der Waals surface area contributed by atoms with Gasteiger partial charge in [0.25, 0.3) is 5.91 Å². The smallest absolute Gasteiger partial charge is 0.255 e. The largest absolute Gasteiger partial charge is 0.493 e. The molecule has 3 heterocycles. The number of hydrogen-bond acceptors (Lipinski definition) is 4. The van der Waals surface area contributed by atoms with Crippen molar-refractivity contribution < 1.29 is 14.3 Å². The second kappa shape index (κ2) is 9.32. The zero-order chi connectivity index (χ0) is 20.8. The number of amides is 2. The fraction of sp³-hybridized carbons (Fsp3) is 0.522. The summed E-state index contributed by atoms with van der Waals surface area (Å²) < 4.78 is 7.51. The highest BCUT2D eigenvalue weighted by Gasteiger charge is 2.37. The van der Waals surface area contributed by atoms with Crippen molar-refractivity contribution in [3.8, 4) is 5.75 Å². The number of carbonyl (C=O) groups excluding carboxylic acids is 2. The van der Waals surface area contributed by atoms with Crippen LogP contribution < -0.4 is 10.1 Å². The van der Waals surface area contributed by atoms with Crippen LogP contribution >= 0.6 is 0 Å². The second-order valence-corrected chi connectivity index (χ2v) is 8.46. The summed E-state index contributed by atoms with van der Waals surface area (Å²) in [5.41, 5.74) is 0.499. The molecule has 2 amide bonds. The van der Waals surface area contributed by atoms with E-state index in [0.29, 0.717) is 31.0 Å². The number of aromatic nitrogens is 2. The average molecular weight is 411 g/mol. The van der Waals surface area contributed by atoms with Gasteiger partial charge in [0.05, 0.1) is 12.2 Å². The van der Waals surface area contributed by atoms with Crippen LogP contribution in [0.2, 0.25) is 0 Å². The molecule has 0 bridgehead atoms. The van der Waals surface area contributed by atoms with E-state index in [1.54, 1.807) is 10.9 Å². The molecule has 2 aliphatic heterocycles. The Morgan fingerprint density at radius 3 is 2.87 bits per heavy atom. The van der Waals surface area contributed by atoms with Crippen molar-refractivity contribution in [1.82, 2.24) is 20.0 Å². The number of carbonyl (C=O) groups is 2. The number of nitrogens with one attached hydrogen (secondary N) is 1. The highest BCUT2D eigenvalue weighted by molar-refractivity contribution is 5.96. The van der Waals surface area contributed by atoms with Gasteiger partial charge in [-0.2, -0.15) is 5.10 Å². The van der Waals surface area contributed by atoms with Gasteiger partial charge in [-0.1, -0.05) is 25.0 Å². The summed E-state index contributed by atoms with van der Waals surface area (Å²) >= 11 is 0. The van der Waals surface area contributed by atoms with Crippen LogP contribution in [0.4, 0.5) is 0 Å². The highest BCUT2D eigenvalue weighted by atomic mass is 16.5. The quantitative estimate of drug-likeness (QED) is 0.826. The molecule has 1 N–H and O–H groups in total. The molecule has 0 saturated carbocycles. The third-order valence-corrected chi connectivity index (χ3v) is 6.24. The Labute approximate surface area is 177 Å². The van der Waals surface area contributed by atoms with Crippen molar-refractivity contribution >= 4 is 11.8 Å². The van der Waals surface area contributed by atoms with E-state index in [9.17, 15) is 9.59 Å². The van der Waals surface area contributed by atoms with E-state index >= 15 is 0 Å². The summed E-state index contributed by atoms with van der Waals surface area (Å²) in [5.74, 6) is 0.629. The molecule has 4 rings (SSSR count). The van der Waals surface area contributed by atoms with E-state index in [4.69, 9.17) is 4.74 Å². The molecule has 7 heteroatoms. The monoisotopic (exact) mass is 410 g/mol. The Kier molecular flexibility index (Phi) is 6.35. The molecule has 30 heavy (non-hydrogen) atoms. The molecule has 1 aromatic carbocycles. The van der Waals surface area contributed by atoms with Crippen LogP contribution in [0.25, 0.3) is 0 Å². The van der Waals surface area contributed by atoms with Crippen LogP contribution in [-0.2, 0) is 11.3 Å². The standard InChI is InChI=1S/C23H30N4O3/c28-21(16-27-14-7-12-25-27)26-13-6-11-23(18-26)10-4-1-5-15-30-20-9-3-2-8-19(20)22(29)24-17-23/h2-3,7-9,12,14H,1,4-6,10-11,13,15-18H2,(H,24,29). The molecule has 1 aromatic heterocycles. The van der Waals surface area contributed by atoms with Gasteiger partial charge >= 0.3 is 0 Å². The van der Waals surface area contributed by atoms with Crippen molar-refractivity contribution in [2.75, 3.05) is 26.2 Å². The third kappa shape index (κ3) is 4.83. The maximum absolute atomic E-state index is 12.9. The molecule has 0 aliphatic carbocycles. The van der Waals surface area contributed by atoms with Gasteiger partial charge < -0.3 is 15.0 Å². The lowest BCUT2D eigenvalue weighted by Gasteiger charge is -2.43. The van der Waals surface area contributed by atoms with Crippen molar-refractivity contribution in [3.63, 3.8) is 0 Å². The molecular weight excluding hydrogens is 380 g/mol. The molecule has 1 unspecified atom stereocenters. The molecule has 1 saturated heterocycles. The summed E-state index contributed by atoms with van der Waals surface area (Å²) in [6.07, 6.45) is 9.61. The van der Waals surface area contributed by atoms with E-state index in [1.807, 2.05) is 41.4 Å². The highest BCUT2D eigenvalue weighted by Crippen LogP contribution is 2.35. The van der Waals surface area contributed by atoms with Gasteiger partial charge in [0.15, 0.2) is 0 Å². The van der Waals surface area contributed by atoms with Crippen LogP contribution in [0.1, 0.15) is 48.9 Å². The minimum absolute atomic E-state index is 0.0807. The first-order valence-corrected chi connectivity index (χ1v) is 10.9. The predicted octanol–water partition coefficient (Wildman–Crippen LogP) is 2.87. The number of para-hydroxylation sites is 1. The van der Waals surface area contributed by atoms with Crippen LogP contribution in [0.5, 0.6) is 5.75 Å². The Bertz CT molecular complexity index is 867. The zero-order valence-corrected chi connectivity index (χ0v) is 17.4. The fourth-order valence-corrected chi connectivity index (χ4v) is 4.59. The molecule has 2 aromatic rings. The van der Waals surface area contributed by atoms with E-state index in [0.717, 1.165) is 45.1 Å². The number of rotatable bonds is 2. The normalized spacial score (nSPS) is 22.9. The van der Waals surface area contributed by atoms with Crippen molar-refractivity contribution in [2.24, 2.45) is 5.41 Å². The number of fused-ring (bicyclic) bond motifs is 1. The topological polar surface area (TPSA) is 76.5 Å². The van der Waals surface area contributed by atoms with E-state index in [-0.39, 0.29) is 23.8 Å². The van der Waals surface area contributed by atoms with Crippen LogP contribution in [0.3, 0.4) is 0 Å². The summed E-state index contributed by atoms with van der Waals surface area (Å²) in [4.78, 5) is 27.7. The maximum Gasteiger partial charge on any atom is 0.255 e. The van der Waals surface area contributed by atoms with E-state index in [1.165, 1.54) is 0 Å². The maximum atomic E-state index is 12.9. The summed E-state index contributed by atoms with van der Waals surface area (Å²) in [7, 11) is 0. The fourth-order valence-electron chi connectivity index (χ4n) is 4.59. The molecule has 0 radical (unpaired) electrons. The molecule has 1 atom stereocenters. The molecular formula is C23H30N4O3. The predicted molar refractivity (Wildman–Crippen MR) is 113 cm³/mol. The lowest BCUT2D eigenvalue weighted by molar-refractivity contribution is -0.135. The summed E-state index contributed by atoms with van der Waals surface area (Å²) in [6, 6.07) is 9.24. The summed E-state index contributed by atoms with van der Waals surface area (Å²) in [5, 5.41) is 7.30. The first-order valence-electron chi connectivity index (χ1n) is 10.9. The number of nitrogens with zero attached hydrogens (tertiary/aromatic N) is 3. The number of likely N-dealkylation sites (tertiary alicyclic amines) is 1. The van der Waals surface area contributed by atoms with Gasteiger partial charge in [0.2, 0.25) is 5.91 Å². The second-order valence-electron chi connectivity index (χ2n) is 8.46. The van der Waals surface area contributed by atoms with Gasteiger partial charge in [-0.25, -0.2) is 0 Å². The number of ether oxygens (including phenoxy) is 1. The zero-order valence-electron chi connectivity index (χ0n) is 17.4. The number of hydrogen-bond donors (Lipinski definition) is 1. The van der Waals surface area contributed by atoms with Crippen LogP contribution in [0, 0.1) is 5.41 Å². The number of piperidine rings is 1. The van der Waals surface area contributed by atoms with Gasteiger partial charge in [0.1, 0.15) is 12.3 Å². The molecule has 160 valence electrons. The minimum Gasteiger partial charge on any atom is -0.493 e. The lowest BCUT2D eigenvalue weighted by Crippen LogP contribution is -2.51. The summed E-state index contributed by atoms with van der Waals surface area (Å²) in [6.45, 7) is 2.91. The first-order chi connectivity index (χ1) is 14.7. The molecule has 7 nitrogen and oxygen atoms in total. The van der Waals surface area contributed by atoms with Gasteiger partial charge in [-0.05, 0) is 43.9 Å². The lowest BCUT2D eigenvalue weighted by atomic mass is 9.75. The Morgan fingerprint density at radius 1 is 1.13 bits per heavy atom. The Balaban J connectivity index is 1.48. The van der Waals surface area contributed by atoms with E-state index < -0.39 is 0 Å². The van der Waals surface area contributed by atoms with Crippen molar-refractivity contribution in [2.45, 2.75) is 45.1 Å². The average Bonchev–Trinajstić information content (AvgIpc) is 3.27. The number of benzene rings is 1. The van der Waals surface area contributed by atoms with Gasteiger partial charge in [0, 0.05) is 37.4 Å². The van der Waals surface area contributed by atoms with Gasteiger partial charge in [-0.15, -0.1) is 0 Å². The molecule has 1 spiro atoms. The van der Waals surface area contributed by atoms with Crippen LogP contribution in [-0.4, -0.2) is 52.7 Å². The van der Waals surface area contributed by atoms with Crippen LogP contribution in [0.15, 0.2) is 42.7 Å². The first kappa shape index (κ1) is 20.4. The molecule has 2 aliphatic rings. The SMILES string of the molecule is O=C1NCC2(CCCCCOc3ccccc31)CCCN(C(=O)Cn1cccn1)C2. The van der Waals surface area contributed by atoms with Crippen molar-refractivity contribution in [3.05, 3.63) is 48.3 Å². The van der Waals surface area contributed by atoms with E-state index in [2.05, 4.69) is 10.4 Å². The third-order valence-electron chi connectivity index (χ3n) is 6.24.